The van der Waals surface area contributed by atoms with Crippen LogP contribution in [0.5, 0.6) is 17.2 Å². The molecular weight excluding hydrogens is 425 g/mol. The zero-order chi connectivity index (χ0) is 22.8. The van der Waals surface area contributed by atoms with Crippen molar-refractivity contribution in [3.8, 4) is 28.4 Å². The maximum atomic E-state index is 14.7. The van der Waals surface area contributed by atoms with E-state index in [0.29, 0.717) is 39.5 Å². The Labute approximate surface area is 190 Å². The number of anilines is 2. The molecule has 4 aromatic rings. The monoisotopic (exact) mass is 449 g/mol. The summed E-state index contributed by atoms with van der Waals surface area (Å²) in [5.41, 5.74) is 2.69. The summed E-state index contributed by atoms with van der Waals surface area (Å²) in [7, 11) is 3.12. The Bertz CT molecular complexity index is 1280. The molecular formula is C25H24FN3O4. The molecule has 0 unspecified atom stereocenters. The number of hydrogen-bond donors (Lipinski definition) is 2. The van der Waals surface area contributed by atoms with E-state index in [1.807, 2.05) is 30.3 Å². The molecule has 1 aromatic heterocycles. The van der Waals surface area contributed by atoms with E-state index in [1.165, 1.54) is 13.2 Å². The third kappa shape index (κ3) is 4.17. The molecule has 1 fully saturated rings. The van der Waals surface area contributed by atoms with Gasteiger partial charge in [-0.3, -0.25) is 0 Å². The van der Waals surface area contributed by atoms with Crippen LogP contribution in [0.4, 0.5) is 16.1 Å². The molecule has 2 heterocycles. The molecule has 5 rings (SSSR count). The van der Waals surface area contributed by atoms with Crippen molar-refractivity contribution in [3.63, 3.8) is 0 Å². The minimum Gasteiger partial charge on any atom is -0.496 e. The molecule has 170 valence electrons. The lowest BCUT2D eigenvalue weighted by molar-refractivity contribution is 0.213. The number of benzene rings is 3. The molecule has 0 amide bonds. The van der Waals surface area contributed by atoms with Crippen molar-refractivity contribution >= 4 is 22.8 Å². The molecule has 1 atom stereocenters. The second kappa shape index (κ2) is 8.99. The van der Waals surface area contributed by atoms with E-state index in [1.54, 1.807) is 25.3 Å². The molecule has 1 aliphatic heterocycles. The second-order valence-electron chi connectivity index (χ2n) is 7.71. The predicted molar refractivity (Wildman–Crippen MR) is 124 cm³/mol. The molecule has 8 heteroatoms. The quantitative estimate of drug-likeness (QED) is 0.405. The van der Waals surface area contributed by atoms with Crippen LogP contribution in [0.2, 0.25) is 0 Å². The number of aromatic nitrogens is 1. The summed E-state index contributed by atoms with van der Waals surface area (Å²) in [5.74, 6) is 1.32. The molecule has 3 aromatic carbocycles. The zero-order valence-electron chi connectivity index (χ0n) is 18.4. The lowest BCUT2D eigenvalue weighted by Crippen LogP contribution is -2.19. The first-order chi connectivity index (χ1) is 16.2. The van der Waals surface area contributed by atoms with Gasteiger partial charge in [-0.05, 0) is 43.3 Å². The number of rotatable bonds is 7. The molecule has 0 spiro atoms. The van der Waals surface area contributed by atoms with Crippen LogP contribution in [0.15, 0.2) is 59.0 Å². The number of halogens is 1. The van der Waals surface area contributed by atoms with Gasteiger partial charge in [0.05, 0.1) is 19.8 Å². The highest BCUT2D eigenvalue weighted by molar-refractivity contribution is 5.93. The summed E-state index contributed by atoms with van der Waals surface area (Å²) < 4.78 is 37.7. The summed E-state index contributed by atoms with van der Waals surface area (Å²) in [4.78, 5) is 4.53. The first kappa shape index (κ1) is 21.1. The van der Waals surface area contributed by atoms with E-state index < -0.39 is 5.82 Å². The zero-order valence-corrected chi connectivity index (χ0v) is 18.4. The molecule has 33 heavy (non-hydrogen) atoms. The number of hydrogen-bond acceptors (Lipinski definition) is 7. The van der Waals surface area contributed by atoms with Gasteiger partial charge in [0.1, 0.15) is 23.2 Å². The minimum absolute atomic E-state index is 0.0942. The molecule has 0 saturated carbocycles. The predicted octanol–water partition coefficient (Wildman–Crippen LogP) is 5.14. The fourth-order valence-electron chi connectivity index (χ4n) is 4.01. The molecule has 1 saturated heterocycles. The summed E-state index contributed by atoms with van der Waals surface area (Å²) >= 11 is 0. The normalized spacial score (nSPS) is 15.5. The van der Waals surface area contributed by atoms with Crippen molar-refractivity contribution in [1.82, 2.24) is 10.3 Å². The standard InChI is InChI=1S/C25H24FN3O4/c1-30-20-10-9-15(13-22(20)32-16-11-12-27-14-16)28-25-29-19-7-3-5-17(24(19)33-25)23-18(26)6-4-8-21(23)31-2/h3-10,13,16,27H,11-12,14H2,1-2H3,(H,28,29)/t16-/m0/s1. The number of fused-ring (bicyclic) bond motifs is 1. The number of nitrogens with one attached hydrogen (secondary N) is 2. The van der Waals surface area contributed by atoms with E-state index in [-0.39, 0.29) is 12.1 Å². The Morgan fingerprint density at radius 2 is 1.88 bits per heavy atom. The van der Waals surface area contributed by atoms with Crippen LogP contribution in [-0.2, 0) is 0 Å². The fraction of sp³-hybridized carbons (Fsp3) is 0.240. The van der Waals surface area contributed by atoms with Gasteiger partial charge < -0.3 is 29.3 Å². The highest BCUT2D eigenvalue weighted by Gasteiger charge is 2.20. The van der Waals surface area contributed by atoms with Gasteiger partial charge in [-0.2, -0.15) is 4.98 Å². The van der Waals surface area contributed by atoms with Crippen LogP contribution in [0.3, 0.4) is 0 Å². The molecule has 0 bridgehead atoms. The number of oxazole rings is 1. The molecule has 2 N–H and O–H groups in total. The summed E-state index contributed by atoms with van der Waals surface area (Å²) in [6.07, 6.45) is 1.03. The van der Waals surface area contributed by atoms with Crippen molar-refractivity contribution in [2.75, 3.05) is 32.6 Å². The van der Waals surface area contributed by atoms with Gasteiger partial charge in [0.25, 0.3) is 6.01 Å². The third-order valence-electron chi connectivity index (χ3n) is 5.60. The van der Waals surface area contributed by atoms with E-state index in [4.69, 9.17) is 18.6 Å². The summed E-state index contributed by atoms with van der Waals surface area (Å²) in [6, 6.07) is 16.0. The number of ether oxygens (including phenoxy) is 3. The topological polar surface area (TPSA) is 77.8 Å². The Morgan fingerprint density at radius 3 is 2.67 bits per heavy atom. The Balaban J connectivity index is 1.48. The summed E-state index contributed by atoms with van der Waals surface area (Å²) in [6.45, 7) is 1.73. The SMILES string of the molecule is COc1ccc(Nc2nc3cccc(-c4c(F)cccc4OC)c3o2)cc1O[C@H]1CCNC1. The Morgan fingerprint density at radius 1 is 1.03 bits per heavy atom. The minimum atomic E-state index is -0.397. The lowest BCUT2D eigenvalue weighted by Gasteiger charge is -2.16. The van der Waals surface area contributed by atoms with Crippen molar-refractivity contribution in [1.29, 1.82) is 0 Å². The van der Waals surface area contributed by atoms with E-state index in [9.17, 15) is 4.39 Å². The van der Waals surface area contributed by atoms with E-state index in [2.05, 4.69) is 15.6 Å². The van der Waals surface area contributed by atoms with Crippen molar-refractivity contribution in [2.24, 2.45) is 0 Å². The first-order valence-corrected chi connectivity index (χ1v) is 10.7. The largest absolute Gasteiger partial charge is 0.496 e. The second-order valence-corrected chi connectivity index (χ2v) is 7.71. The highest BCUT2D eigenvalue weighted by atomic mass is 19.1. The maximum Gasteiger partial charge on any atom is 0.300 e. The number of nitrogens with zero attached hydrogens (tertiary/aromatic N) is 1. The van der Waals surface area contributed by atoms with E-state index >= 15 is 0 Å². The van der Waals surface area contributed by atoms with Crippen LogP contribution in [0, 0.1) is 5.82 Å². The molecule has 0 radical (unpaired) electrons. The van der Waals surface area contributed by atoms with Crippen molar-refractivity contribution < 1.29 is 23.0 Å². The maximum absolute atomic E-state index is 14.7. The van der Waals surface area contributed by atoms with Gasteiger partial charge in [0.15, 0.2) is 17.1 Å². The number of methoxy groups -OCH3 is 2. The average Bonchev–Trinajstić information content (AvgIpc) is 3.48. The fourth-order valence-corrected chi connectivity index (χ4v) is 4.01. The molecule has 0 aliphatic carbocycles. The van der Waals surface area contributed by atoms with Crippen LogP contribution in [0.25, 0.3) is 22.2 Å². The Kier molecular flexibility index (Phi) is 5.75. The average molecular weight is 449 g/mol. The third-order valence-corrected chi connectivity index (χ3v) is 5.60. The lowest BCUT2D eigenvalue weighted by atomic mass is 10.0. The first-order valence-electron chi connectivity index (χ1n) is 10.7. The van der Waals surface area contributed by atoms with Gasteiger partial charge in [-0.15, -0.1) is 0 Å². The van der Waals surface area contributed by atoms with Crippen LogP contribution >= 0.6 is 0 Å². The molecule has 7 nitrogen and oxygen atoms in total. The summed E-state index contributed by atoms with van der Waals surface area (Å²) in [5, 5.41) is 6.47. The highest BCUT2D eigenvalue weighted by Crippen LogP contribution is 2.39. The van der Waals surface area contributed by atoms with Crippen molar-refractivity contribution in [2.45, 2.75) is 12.5 Å². The van der Waals surface area contributed by atoms with E-state index in [0.717, 1.165) is 25.2 Å². The number of para-hydroxylation sites is 1. The van der Waals surface area contributed by atoms with Gasteiger partial charge in [-0.1, -0.05) is 18.2 Å². The van der Waals surface area contributed by atoms with Gasteiger partial charge >= 0.3 is 0 Å². The van der Waals surface area contributed by atoms with Crippen molar-refractivity contribution in [3.05, 3.63) is 60.4 Å². The molecule has 1 aliphatic rings. The van der Waals surface area contributed by atoms with Gasteiger partial charge in [0, 0.05) is 23.9 Å². The van der Waals surface area contributed by atoms with Crippen LogP contribution in [0.1, 0.15) is 6.42 Å². The van der Waals surface area contributed by atoms with Crippen LogP contribution in [-0.4, -0.2) is 38.4 Å². The Hall–Kier alpha value is -3.78. The van der Waals surface area contributed by atoms with Gasteiger partial charge in [-0.25, -0.2) is 4.39 Å². The van der Waals surface area contributed by atoms with Gasteiger partial charge in [0.2, 0.25) is 0 Å². The smallest absolute Gasteiger partial charge is 0.300 e. The van der Waals surface area contributed by atoms with Crippen LogP contribution < -0.4 is 24.8 Å².